The standard InChI is InChI=1S/C15H25NO4P2/c1-4-11-19-21(17,12-5-2)16-14-9-7-8-10-15(14)20-22(16,18)13-6-3/h7-10H,4-6,11-13H2,1-3H3. The molecule has 1 aromatic carbocycles. The van der Waals surface area contributed by atoms with Gasteiger partial charge in [-0.1, -0.05) is 32.9 Å². The van der Waals surface area contributed by atoms with E-state index in [0.29, 0.717) is 43.2 Å². The maximum absolute atomic E-state index is 13.5. The molecule has 124 valence electrons. The SMILES string of the molecule is CCCOP(=O)(CCC)N1c2ccccc2OP1(=O)CCC. The highest BCUT2D eigenvalue weighted by molar-refractivity contribution is 7.79. The van der Waals surface area contributed by atoms with Gasteiger partial charge in [0.2, 0.25) is 0 Å². The molecule has 1 heterocycles. The van der Waals surface area contributed by atoms with Gasteiger partial charge in [-0.15, -0.1) is 0 Å². The van der Waals surface area contributed by atoms with Crippen LogP contribution in [0.25, 0.3) is 0 Å². The molecule has 0 saturated carbocycles. The lowest BCUT2D eigenvalue weighted by Crippen LogP contribution is -2.20. The molecule has 0 aromatic heterocycles. The predicted octanol–water partition coefficient (Wildman–Crippen LogP) is 5.52. The molecular weight excluding hydrogens is 320 g/mol. The normalized spacial score (nSPS) is 23.0. The molecule has 0 bridgehead atoms. The molecule has 0 saturated heterocycles. The van der Waals surface area contributed by atoms with Crippen molar-refractivity contribution in [2.45, 2.75) is 40.0 Å². The minimum atomic E-state index is -3.22. The van der Waals surface area contributed by atoms with Crippen LogP contribution in [0.5, 0.6) is 5.75 Å². The molecule has 2 unspecified atom stereocenters. The molecule has 1 aliphatic heterocycles. The van der Waals surface area contributed by atoms with E-state index in [2.05, 4.69) is 0 Å². The van der Waals surface area contributed by atoms with E-state index < -0.39 is 15.0 Å². The lowest BCUT2D eigenvalue weighted by Gasteiger charge is -2.32. The zero-order chi connectivity index (χ0) is 16.2. The highest BCUT2D eigenvalue weighted by atomic mass is 31.2. The van der Waals surface area contributed by atoms with Gasteiger partial charge in [-0.3, -0.25) is 9.13 Å². The summed E-state index contributed by atoms with van der Waals surface area (Å²) in [6.07, 6.45) is 2.90. The van der Waals surface area contributed by atoms with Crippen LogP contribution in [0.2, 0.25) is 0 Å². The molecular formula is C15H25NO4P2. The third kappa shape index (κ3) is 3.27. The molecule has 0 N–H and O–H groups in total. The van der Waals surface area contributed by atoms with Gasteiger partial charge in [-0.25, -0.2) is 4.44 Å². The summed E-state index contributed by atoms with van der Waals surface area (Å²) in [5.41, 5.74) is 0.632. The number of benzene rings is 1. The largest absolute Gasteiger partial charge is 0.426 e. The van der Waals surface area contributed by atoms with Crippen LogP contribution in [-0.4, -0.2) is 18.9 Å². The Morgan fingerprint density at radius 3 is 2.55 bits per heavy atom. The molecule has 1 aromatic rings. The van der Waals surface area contributed by atoms with Crippen molar-refractivity contribution < 1.29 is 18.2 Å². The van der Waals surface area contributed by atoms with E-state index in [4.69, 9.17) is 9.05 Å². The molecule has 2 atom stereocenters. The maximum Gasteiger partial charge on any atom is 0.350 e. The lowest BCUT2D eigenvalue weighted by atomic mass is 10.3. The molecule has 0 aliphatic carbocycles. The van der Waals surface area contributed by atoms with Gasteiger partial charge in [-0.05, 0) is 31.4 Å². The first-order chi connectivity index (χ1) is 10.5. The maximum atomic E-state index is 13.5. The van der Waals surface area contributed by atoms with Crippen LogP contribution in [0.1, 0.15) is 40.0 Å². The number of para-hydroxylation sites is 2. The van der Waals surface area contributed by atoms with Crippen LogP contribution in [0, 0.1) is 0 Å². The monoisotopic (exact) mass is 345 g/mol. The van der Waals surface area contributed by atoms with Crippen molar-refractivity contribution in [3.63, 3.8) is 0 Å². The van der Waals surface area contributed by atoms with Crippen LogP contribution in [-0.2, 0) is 13.7 Å². The van der Waals surface area contributed by atoms with Gasteiger partial charge in [0.15, 0.2) is 5.75 Å². The van der Waals surface area contributed by atoms with E-state index in [0.717, 1.165) is 6.42 Å². The van der Waals surface area contributed by atoms with Crippen molar-refractivity contribution in [3.05, 3.63) is 24.3 Å². The van der Waals surface area contributed by atoms with Crippen LogP contribution < -0.4 is 8.96 Å². The zero-order valence-corrected chi connectivity index (χ0v) is 15.3. The van der Waals surface area contributed by atoms with Crippen molar-refractivity contribution in [3.8, 4) is 5.75 Å². The number of hydrogen-bond donors (Lipinski definition) is 0. The first-order valence-corrected chi connectivity index (χ1v) is 11.5. The fourth-order valence-corrected chi connectivity index (χ4v) is 8.88. The van der Waals surface area contributed by atoms with Crippen LogP contribution in [0.15, 0.2) is 24.3 Å². The van der Waals surface area contributed by atoms with E-state index in [1.54, 1.807) is 6.07 Å². The lowest BCUT2D eigenvalue weighted by molar-refractivity contribution is 0.313. The first kappa shape index (κ1) is 17.6. The number of nitrogens with zero attached hydrogens (tertiary/aromatic N) is 1. The molecule has 0 radical (unpaired) electrons. The summed E-state index contributed by atoms with van der Waals surface area (Å²) >= 11 is 0. The number of fused-ring (bicyclic) bond motifs is 1. The Morgan fingerprint density at radius 2 is 1.91 bits per heavy atom. The van der Waals surface area contributed by atoms with Gasteiger partial charge in [0.1, 0.15) is 0 Å². The van der Waals surface area contributed by atoms with Crippen molar-refractivity contribution in [2.75, 3.05) is 23.4 Å². The second-order valence-corrected chi connectivity index (χ2v) is 10.4. The van der Waals surface area contributed by atoms with E-state index in [9.17, 15) is 9.13 Å². The minimum Gasteiger partial charge on any atom is -0.426 e. The Bertz CT molecular complexity index is 605. The Balaban J connectivity index is 2.50. The molecule has 22 heavy (non-hydrogen) atoms. The van der Waals surface area contributed by atoms with E-state index in [-0.39, 0.29) is 0 Å². The minimum absolute atomic E-state index is 0.366. The zero-order valence-electron chi connectivity index (χ0n) is 13.5. The second-order valence-electron chi connectivity index (χ2n) is 5.40. The summed E-state index contributed by atoms with van der Waals surface area (Å²) < 4.78 is 39.8. The third-order valence-electron chi connectivity index (χ3n) is 3.41. The Kier molecular flexibility index (Phi) is 5.76. The topological polar surface area (TPSA) is 55.8 Å². The molecule has 0 amide bonds. The fourth-order valence-electron chi connectivity index (χ4n) is 2.58. The van der Waals surface area contributed by atoms with Gasteiger partial charge >= 0.3 is 15.0 Å². The summed E-state index contributed by atoms with van der Waals surface area (Å²) in [4.78, 5) is 0. The average Bonchev–Trinajstić information content (AvgIpc) is 2.78. The molecule has 7 heteroatoms. The smallest absolute Gasteiger partial charge is 0.350 e. The Labute approximate surface area is 133 Å². The molecule has 1 aliphatic rings. The van der Waals surface area contributed by atoms with Crippen LogP contribution in [0.4, 0.5) is 5.69 Å². The van der Waals surface area contributed by atoms with Crippen molar-refractivity contribution >= 4 is 20.7 Å². The van der Waals surface area contributed by atoms with Gasteiger partial charge < -0.3 is 9.05 Å². The average molecular weight is 345 g/mol. The summed E-state index contributed by atoms with van der Waals surface area (Å²) in [6, 6.07) is 7.25. The molecule has 0 fully saturated rings. The van der Waals surface area contributed by atoms with Crippen LogP contribution in [0.3, 0.4) is 0 Å². The number of hydrogen-bond acceptors (Lipinski definition) is 4. The van der Waals surface area contributed by atoms with E-state index in [1.807, 2.05) is 39.0 Å². The third-order valence-corrected chi connectivity index (χ3v) is 9.72. The molecule has 2 rings (SSSR count). The summed E-state index contributed by atoms with van der Waals surface area (Å²) in [7, 11) is -6.43. The molecule has 5 nitrogen and oxygen atoms in total. The highest BCUT2D eigenvalue weighted by Crippen LogP contribution is 2.74. The number of anilines is 1. The van der Waals surface area contributed by atoms with Crippen molar-refractivity contribution in [1.29, 1.82) is 0 Å². The van der Waals surface area contributed by atoms with Crippen LogP contribution >= 0.6 is 15.0 Å². The Morgan fingerprint density at radius 1 is 1.18 bits per heavy atom. The predicted molar refractivity (Wildman–Crippen MR) is 91.3 cm³/mol. The van der Waals surface area contributed by atoms with Crippen molar-refractivity contribution in [2.24, 2.45) is 0 Å². The quantitative estimate of drug-likeness (QED) is 0.581. The first-order valence-electron chi connectivity index (χ1n) is 7.93. The Hall–Kier alpha value is -0.760. The van der Waals surface area contributed by atoms with E-state index >= 15 is 0 Å². The summed E-state index contributed by atoms with van der Waals surface area (Å²) in [5, 5.41) is 0. The van der Waals surface area contributed by atoms with E-state index in [1.165, 1.54) is 4.44 Å². The fraction of sp³-hybridized carbons (Fsp3) is 0.600. The second kappa shape index (κ2) is 7.21. The molecule has 0 spiro atoms. The number of rotatable bonds is 8. The van der Waals surface area contributed by atoms with Crippen molar-refractivity contribution in [1.82, 2.24) is 0 Å². The highest BCUT2D eigenvalue weighted by Gasteiger charge is 2.50. The summed E-state index contributed by atoms with van der Waals surface area (Å²) in [6.45, 7) is 6.26. The van der Waals surface area contributed by atoms with Gasteiger partial charge in [0.05, 0.1) is 18.5 Å². The van der Waals surface area contributed by atoms with Gasteiger partial charge in [0, 0.05) is 6.16 Å². The van der Waals surface area contributed by atoms with Gasteiger partial charge in [-0.2, -0.15) is 0 Å². The summed E-state index contributed by atoms with van der Waals surface area (Å²) in [5.74, 6) is 0.538. The van der Waals surface area contributed by atoms with Gasteiger partial charge in [0.25, 0.3) is 0 Å².